The third kappa shape index (κ3) is 6.49. The van der Waals surface area contributed by atoms with Crippen molar-refractivity contribution in [2.75, 3.05) is 13.1 Å². The van der Waals surface area contributed by atoms with Gasteiger partial charge in [0, 0.05) is 22.8 Å². The standard InChI is InChI=1S/C17H24N4O2S2/c1-3-19-17(21-12-15-7-4-13(2)24-15)20-11-10-14-5-8-16(9-6-14)25(18,22)23/h4-9H,3,10-12H2,1-2H3,(H2,18,22,23)(H2,19,20,21). The molecule has 8 heteroatoms. The second kappa shape index (κ2) is 8.98. The summed E-state index contributed by atoms with van der Waals surface area (Å²) in [5.41, 5.74) is 1.03. The van der Waals surface area contributed by atoms with Gasteiger partial charge in [0.1, 0.15) is 0 Å². The first-order valence-electron chi connectivity index (χ1n) is 8.07. The summed E-state index contributed by atoms with van der Waals surface area (Å²) in [4.78, 5) is 7.23. The summed E-state index contributed by atoms with van der Waals surface area (Å²) in [5, 5.41) is 11.6. The Morgan fingerprint density at radius 1 is 1.16 bits per heavy atom. The van der Waals surface area contributed by atoms with Crippen molar-refractivity contribution in [2.24, 2.45) is 10.1 Å². The second-order valence-corrected chi connectivity index (χ2v) is 8.51. The molecule has 4 N–H and O–H groups in total. The first-order chi connectivity index (χ1) is 11.9. The minimum absolute atomic E-state index is 0.130. The molecule has 0 amide bonds. The molecular formula is C17H24N4O2S2. The maximum atomic E-state index is 11.3. The van der Waals surface area contributed by atoms with Crippen molar-refractivity contribution >= 4 is 27.3 Å². The molecular weight excluding hydrogens is 356 g/mol. The Kier molecular flexibility index (Phi) is 6.98. The summed E-state index contributed by atoms with van der Waals surface area (Å²) in [5.74, 6) is 0.773. The molecule has 1 heterocycles. The quantitative estimate of drug-likeness (QED) is 0.506. The molecule has 0 bridgehead atoms. The first kappa shape index (κ1) is 19.4. The highest BCUT2D eigenvalue weighted by molar-refractivity contribution is 7.89. The number of aliphatic imine (C=N–C) groups is 1. The van der Waals surface area contributed by atoms with E-state index in [1.54, 1.807) is 23.5 Å². The van der Waals surface area contributed by atoms with E-state index in [2.05, 4.69) is 34.7 Å². The highest BCUT2D eigenvalue weighted by atomic mass is 32.2. The largest absolute Gasteiger partial charge is 0.357 e. The number of nitrogens with two attached hydrogens (primary N) is 1. The van der Waals surface area contributed by atoms with Crippen LogP contribution in [0.1, 0.15) is 22.2 Å². The van der Waals surface area contributed by atoms with Crippen molar-refractivity contribution < 1.29 is 8.42 Å². The van der Waals surface area contributed by atoms with Crippen LogP contribution in [0.25, 0.3) is 0 Å². The molecule has 6 nitrogen and oxygen atoms in total. The second-order valence-electron chi connectivity index (χ2n) is 5.57. The Bertz CT molecular complexity index is 811. The molecule has 0 saturated heterocycles. The number of nitrogens with zero attached hydrogens (tertiary/aromatic N) is 1. The monoisotopic (exact) mass is 380 g/mol. The highest BCUT2D eigenvalue weighted by Gasteiger charge is 2.06. The molecule has 2 aromatic rings. The fourth-order valence-electron chi connectivity index (χ4n) is 2.24. The Hall–Kier alpha value is -1.90. The SMILES string of the molecule is CCNC(=NCc1ccc(C)s1)NCCc1ccc(S(N)(=O)=O)cc1. The van der Waals surface area contributed by atoms with Gasteiger partial charge in [-0.1, -0.05) is 12.1 Å². The van der Waals surface area contributed by atoms with Gasteiger partial charge in [-0.25, -0.2) is 18.5 Å². The van der Waals surface area contributed by atoms with Gasteiger partial charge in [-0.05, 0) is 50.1 Å². The Labute approximate surface area is 153 Å². The number of nitrogens with one attached hydrogen (secondary N) is 2. The zero-order valence-corrected chi connectivity index (χ0v) is 16.1. The number of hydrogen-bond acceptors (Lipinski definition) is 4. The first-order valence-corrected chi connectivity index (χ1v) is 10.4. The van der Waals surface area contributed by atoms with E-state index < -0.39 is 10.0 Å². The van der Waals surface area contributed by atoms with E-state index in [4.69, 9.17) is 5.14 Å². The zero-order valence-electron chi connectivity index (χ0n) is 14.5. The smallest absolute Gasteiger partial charge is 0.238 e. The van der Waals surface area contributed by atoms with Gasteiger partial charge < -0.3 is 10.6 Å². The van der Waals surface area contributed by atoms with Crippen LogP contribution in [0.5, 0.6) is 0 Å². The molecule has 136 valence electrons. The van der Waals surface area contributed by atoms with Crippen molar-refractivity contribution in [3.8, 4) is 0 Å². The third-order valence-corrected chi connectivity index (χ3v) is 5.41. The maximum absolute atomic E-state index is 11.3. The lowest BCUT2D eigenvalue weighted by Gasteiger charge is -2.11. The molecule has 0 fully saturated rings. The van der Waals surface area contributed by atoms with Gasteiger partial charge in [0.25, 0.3) is 0 Å². The van der Waals surface area contributed by atoms with Crippen molar-refractivity contribution in [2.45, 2.75) is 31.7 Å². The Morgan fingerprint density at radius 2 is 1.88 bits per heavy atom. The number of primary sulfonamides is 1. The summed E-state index contributed by atoms with van der Waals surface area (Å²) in [6, 6.07) is 10.8. The van der Waals surface area contributed by atoms with E-state index in [0.29, 0.717) is 13.1 Å². The van der Waals surface area contributed by atoms with Crippen LogP contribution in [0, 0.1) is 6.92 Å². The van der Waals surface area contributed by atoms with Gasteiger partial charge in [0.15, 0.2) is 5.96 Å². The number of thiophene rings is 1. The van der Waals surface area contributed by atoms with Gasteiger partial charge >= 0.3 is 0 Å². The fourth-order valence-corrected chi connectivity index (χ4v) is 3.57. The number of guanidine groups is 1. The Balaban J connectivity index is 1.88. The molecule has 0 aliphatic rings. The van der Waals surface area contributed by atoms with Gasteiger partial charge in [-0.3, -0.25) is 0 Å². The predicted molar refractivity (Wildman–Crippen MR) is 103 cm³/mol. The molecule has 2 rings (SSSR count). The molecule has 0 aliphatic heterocycles. The molecule has 0 aliphatic carbocycles. The van der Waals surface area contributed by atoms with E-state index >= 15 is 0 Å². The molecule has 0 unspecified atom stereocenters. The average Bonchev–Trinajstić information content (AvgIpc) is 2.98. The number of benzene rings is 1. The van der Waals surface area contributed by atoms with E-state index in [-0.39, 0.29) is 4.90 Å². The van der Waals surface area contributed by atoms with Gasteiger partial charge in [-0.2, -0.15) is 0 Å². The third-order valence-electron chi connectivity index (χ3n) is 3.49. The van der Waals surface area contributed by atoms with E-state index in [0.717, 1.165) is 24.5 Å². The lowest BCUT2D eigenvalue weighted by Crippen LogP contribution is -2.38. The number of sulfonamides is 1. The maximum Gasteiger partial charge on any atom is 0.238 e. The van der Waals surface area contributed by atoms with Crippen LogP contribution >= 0.6 is 11.3 Å². The minimum Gasteiger partial charge on any atom is -0.357 e. The number of hydrogen-bond donors (Lipinski definition) is 3. The van der Waals surface area contributed by atoms with Crippen molar-refractivity contribution in [1.29, 1.82) is 0 Å². The normalized spacial score (nSPS) is 12.2. The van der Waals surface area contributed by atoms with Crippen molar-refractivity contribution in [3.63, 3.8) is 0 Å². The minimum atomic E-state index is -3.64. The lowest BCUT2D eigenvalue weighted by atomic mass is 10.1. The van der Waals surface area contributed by atoms with Crippen LogP contribution in [0.4, 0.5) is 0 Å². The summed E-state index contributed by atoms with van der Waals surface area (Å²) in [6.07, 6.45) is 0.757. The van der Waals surface area contributed by atoms with Crippen LogP contribution in [-0.4, -0.2) is 27.5 Å². The fraction of sp³-hybridized carbons (Fsp3) is 0.353. The number of rotatable bonds is 7. The summed E-state index contributed by atoms with van der Waals surface area (Å²) in [7, 11) is -3.64. The lowest BCUT2D eigenvalue weighted by molar-refractivity contribution is 0.598. The molecule has 25 heavy (non-hydrogen) atoms. The van der Waals surface area contributed by atoms with Crippen molar-refractivity contribution in [1.82, 2.24) is 10.6 Å². The molecule has 1 aromatic heterocycles. The average molecular weight is 381 g/mol. The zero-order chi connectivity index (χ0) is 18.3. The molecule has 0 spiro atoms. The van der Waals surface area contributed by atoms with Crippen LogP contribution in [0.2, 0.25) is 0 Å². The molecule has 0 radical (unpaired) electrons. The van der Waals surface area contributed by atoms with Crippen LogP contribution in [0.3, 0.4) is 0 Å². The van der Waals surface area contributed by atoms with E-state index in [1.165, 1.54) is 21.9 Å². The highest BCUT2D eigenvalue weighted by Crippen LogP contribution is 2.15. The van der Waals surface area contributed by atoms with Gasteiger partial charge in [-0.15, -0.1) is 11.3 Å². The van der Waals surface area contributed by atoms with Gasteiger partial charge in [0.2, 0.25) is 10.0 Å². The van der Waals surface area contributed by atoms with Gasteiger partial charge in [0.05, 0.1) is 11.4 Å². The summed E-state index contributed by atoms with van der Waals surface area (Å²) in [6.45, 7) is 6.25. The topological polar surface area (TPSA) is 96.6 Å². The summed E-state index contributed by atoms with van der Waals surface area (Å²) < 4.78 is 22.5. The predicted octanol–water partition coefficient (Wildman–Crippen LogP) is 2.00. The molecule has 1 aromatic carbocycles. The van der Waals surface area contributed by atoms with Crippen LogP contribution in [0.15, 0.2) is 46.3 Å². The van der Waals surface area contributed by atoms with E-state index in [9.17, 15) is 8.42 Å². The van der Waals surface area contributed by atoms with Crippen LogP contribution in [-0.2, 0) is 23.0 Å². The number of aryl methyl sites for hydroxylation is 1. The molecule has 0 saturated carbocycles. The Morgan fingerprint density at radius 3 is 2.44 bits per heavy atom. The molecule has 0 atom stereocenters. The van der Waals surface area contributed by atoms with E-state index in [1.807, 2.05) is 6.92 Å². The van der Waals surface area contributed by atoms with Crippen molar-refractivity contribution in [3.05, 3.63) is 51.7 Å². The van der Waals surface area contributed by atoms with Crippen LogP contribution < -0.4 is 15.8 Å². The summed E-state index contributed by atoms with van der Waals surface area (Å²) >= 11 is 1.75.